The molecule has 18 heavy (non-hydrogen) atoms. The molecule has 0 saturated carbocycles. The Morgan fingerprint density at radius 3 is 2.28 bits per heavy atom. The summed E-state index contributed by atoms with van der Waals surface area (Å²) >= 11 is 0. The van der Waals surface area contributed by atoms with Gasteiger partial charge >= 0.3 is 0 Å². The third-order valence-corrected chi connectivity index (χ3v) is 2.79. The van der Waals surface area contributed by atoms with Crippen molar-refractivity contribution in [3.05, 3.63) is 29.8 Å². The van der Waals surface area contributed by atoms with E-state index < -0.39 is 0 Å². The molecular formula is C15H22N2O. The highest BCUT2D eigenvalue weighted by atomic mass is 16.5. The van der Waals surface area contributed by atoms with Crippen LogP contribution in [0.15, 0.2) is 24.3 Å². The second-order valence-electron chi connectivity index (χ2n) is 4.91. The lowest BCUT2D eigenvalue weighted by molar-refractivity contribution is 0.242. The molecule has 1 atom stereocenters. The van der Waals surface area contributed by atoms with Gasteiger partial charge in [-0.25, -0.2) is 0 Å². The normalized spacial score (nSPS) is 12.5. The average molecular weight is 246 g/mol. The summed E-state index contributed by atoms with van der Waals surface area (Å²) in [6, 6.07) is 10.7. The molecular weight excluding hydrogens is 224 g/mol. The molecule has 0 aliphatic carbocycles. The number of rotatable bonds is 6. The van der Waals surface area contributed by atoms with Gasteiger partial charge in [0.2, 0.25) is 0 Å². The van der Waals surface area contributed by atoms with Crippen LogP contribution in [0.5, 0.6) is 5.75 Å². The largest absolute Gasteiger partial charge is 0.491 e. The number of hydrogen-bond acceptors (Lipinski definition) is 3. The van der Waals surface area contributed by atoms with Gasteiger partial charge in [-0.2, -0.15) is 5.26 Å². The van der Waals surface area contributed by atoms with Crippen molar-refractivity contribution in [2.24, 2.45) is 0 Å². The molecule has 0 fully saturated rings. The number of hydrogen-bond donors (Lipinski definition) is 0. The maximum Gasteiger partial charge on any atom is 0.119 e. The van der Waals surface area contributed by atoms with Crippen LogP contribution in [0.3, 0.4) is 0 Å². The molecule has 1 unspecified atom stereocenters. The van der Waals surface area contributed by atoms with E-state index in [0.29, 0.717) is 6.42 Å². The highest BCUT2D eigenvalue weighted by molar-refractivity contribution is 5.29. The molecule has 0 aliphatic rings. The Bertz CT molecular complexity index is 390. The molecule has 0 amide bonds. The fourth-order valence-corrected chi connectivity index (χ4v) is 1.96. The van der Waals surface area contributed by atoms with E-state index in [1.807, 2.05) is 40.1 Å². The van der Waals surface area contributed by atoms with Crippen LogP contribution in [-0.4, -0.2) is 25.1 Å². The Labute approximate surface area is 110 Å². The van der Waals surface area contributed by atoms with Gasteiger partial charge in [0.25, 0.3) is 0 Å². The fraction of sp³-hybridized carbons (Fsp3) is 0.533. The third kappa shape index (κ3) is 4.38. The first-order valence-corrected chi connectivity index (χ1v) is 6.34. The van der Waals surface area contributed by atoms with Crippen molar-refractivity contribution >= 4 is 0 Å². The molecule has 1 rings (SSSR count). The summed E-state index contributed by atoms with van der Waals surface area (Å²) in [6.07, 6.45) is 1.63. The number of ether oxygens (including phenoxy) is 1. The average Bonchev–Trinajstić information content (AvgIpc) is 2.30. The van der Waals surface area contributed by atoms with Gasteiger partial charge in [-0.05, 0) is 52.1 Å². The van der Waals surface area contributed by atoms with Crippen molar-refractivity contribution in [3.63, 3.8) is 0 Å². The lowest BCUT2D eigenvalue weighted by atomic mass is 10.0. The van der Waals surface area contributed by atoms with Crippen molar-refractivity contribution < 1.29 is 4.74 Å². The van der Waals surface area contributed by atoms with Crippen molar-refractivity contribution in [1.82, 2.24) is 4.90 Å². The minimum atomic E-state index is 0.194. The van der Waals surface area contributed by atoms with E-state index in [0.717, 1.165) is 12.2 Å². The number of nitriles is 1. The van der Waals surface area contributed by atoms with E-state index in [-0.39, 0.29) is 12.1 Å². The zero-order chi connectivity index (χ0) is 13.5. The third-order valence-electron chi connectivity index (χ3n) is 2.79. The Balaban J connectivity index is 2.77. The topological polar surface area (TPSA) is 36.3 Å². The number of nitrogens with zero attached hydrogens (tertiary/aromatic N) is 2. The SMILES string of the molecule is CC(C)Oc1ccc(C(CCC#N)N(C)C)cc1. The quantitative estimate of drug-likeness (QED) is 0.772. The van der Waals surface area contributed by atoms with E-state index in [2.05, 4.69) is 23.1 Å². The van der Waals surface area contributed by atoms with E-state index in [4.69, 9.17) is 10.00 Å². The zero-order valence-electron chi connectivity index (χ0n) is 11.7. The van der Waals surface area contributed by atoms with Gasteiger partial charge < -0.3 is 9.64 Å². The van der Waals surface area contributed by atoms with E-state index >= 15 is 0 Å². The van der Waals surface area contributed by atoms with Crippen molar-refractivity contribution in [2.75, 3.05) is 14.1 Å². The Morgan fingerprint density at radius 2 is 1.83 bits per heavy atom. The summed E-state index contributed by atoms with van der Waals surface area (Å²) in [7, 11) is 4.08. The summed E-state index contributed by atoms with van der Waals surface area (Å²) in [4.78, 5) is 2.15. The second kappa shape index (κ2) is 7.03. The van der Waals surface area contributed by atoms with E-state index in [1.165, 1.54) is 5.56 Å². The molecule has 0 spiro atoms. The minimum absolute atomic E-state index is 0.194. The van der Waals surface area contributed by atoms with Crippen molar-refractivity contribution in [2.45, 2.75) is 38.8 Å². The summed E-state index contributed by atoms with van der Waals surface area (Å²) in [5, 5.41) is 8.70. The molecule has 3 heteroatoms. The van der Waals surface area contributed by atoms with Crippen LogP contribution in [0.4, 0.5) is 0 Å². The molecule has 0 saturated heterocycles. The predicted molar refractivity (Wildman–Crippen MR) is 73.5 cm³/mol. The molecule has 0 aromatic heterocycles. The van der Waals surface area contributed by atoms with Gasteiger partial charge in [0.05, 0.1) is 12.2 Å². The Kier molecular flexibility index (Phi) is 5.67. The maximum atomic E-state index is 8.70. The summed E-state index contributed by atoms with van der Waals surface area (Å²) in [6.45, 7) is 4.03. The highest BCUT2D eigenvalue weighted by Gasteiger charge is 2.13. The second-order valence-corrected chi connectivity index (χ2v) is 4.91. The Hall–Kier alpha value is -1.53. The lowest BCUT2D eigenvalue weighted by Gasteiger charge is -2.24. The molecule has 0 bridgehead atoms. The first kappa shape index (κ1) is 14.5. The van der Waals surface area contributed by atoms with Crippen LogP contribution >= 0.6 is 0 Å². The van der Waals surface area contributed by atoms with Gasteiger partial charge in [0.15, 0.2) is 0 Å². The maximum absolute atomic E-state index is 8.70. The monoisotopic (exact) mass is 246 g/mol. The van der Waals surface area contributed by atoms with Gasteiger partial charge in [-0.3, -0.25) is 0 Å². The molecule has 3 nitrogen and oxygen atoms in total. The van der Waals surface area contributed by atoms with Crippen LogP contribution in [0, 0.1) is 11.3 Å². The standard InChI is InChI=1S/C15H22N2O/c1-12(2)18-14-9-7-13(8-10-14)15(17(3)4)6-5-11-16/h7-10,12,15H,5-6H2,1-4H3. The molecule has 0 aliphatic heterocycles. The molecule has 1 aromatic carbocycles. The molecule has 98 valence electrons. The molecule has 0 heterocycles. The smallest absolute Gasteiger partial charge is 0.119 e. The summed E-state index contributed by atoms with van der Waals surface area (Å²) in [5.74, 6) is 0.895. The summed E-state index contributed by atoms with van der Waals surface area (Å²) < 4.78 is 5.62. The van der Waals surface area contributed by atoms with Crippen LogP contribution in [0.2, 0.25) is 0 Å². The lowest BCUT2D eigenvalue weighted by Crippen LogP contribution is -2.19. The van der Waals surface area contributed by atoms with Crippen LogP contribution in [-0.2, 0) is 0 Å². The van der Waals surface area contributed by atoms with Crippen LogP contribution in [0.25, 0.3) is 0 Å². The first-order valence-electron chi connectivity index (χ1n) is 6.34. The fourth-order valence-electron chi connectivity index (χ4n) is 1.96. The van der Waals surface area contributed by atoms with Gasteiger partial charge in [-0.1, -0.05) is 12.1 Å². The molecule has 1 aromatic rings. The first-order chi connectivity index (χ1) is 8.54. The minimum Gasteiger partial charge on any atom is -0.491 e. The van der Waals surface area contributed by atoms with Crippen molar-refractivity contribution in [1.29, 1.82) is 5.26 Å². The molecule has 0 N–H and O–H groups in total. The van der Waals surface area contributed by atoms with Gasteiger partial charge in [0, 0.05) is 12.5 Å². The zero-order valence-corrected chi connectivity index (χ0v) is 11.7. The van der Waals surface area contributed by atoms with E-state index in [9.17, 15) is 0 Å². The molecule has 0 radical (unpaired) electrons. The summed E-state index contributed by atoms with van der Waals surface area (Å²) in [5.41, 5.74) is 1.23. The highest BCUT2D eigenvalue weighted by Crippen LogP contribution is 2.25. The van der Waals surface area contributed by atoms with Gasteiger partial charge in [0.1, 0.15) is 5.75 Å². The Morgan fingerprint density at radius 1 is 1.22 bits per heavy atom. The van der Waals surface area contributed by atoms with Crippen LogP contribution < -0.4 is 4.74 Å². The van der Waals surface area contributed by atoms with Gasteiger partial charge in [-0.15, -0.1) is 0 Å². The van der Waals surface area contributed by atoms with E-state index in [1.54, 1.807) is 0 Å². The predicted octanol–water partition coefficient (Wildman–Crippen LogP) is 3.38. The number of benzene rings is 1. The van der Waals surface area contributed by atoms with Crippen LogP contribution in [0.1, 0.15) is 38.3 Å². The van der Waals surface area contributed by atoms with Crippen molar-refractivity contribution in [3.8, 4) is 11.8 Å².